The van der Waals surface area contributed by atoms with Gasteiger partial charge in [-0.15, -0.1) is 55.9 Å². The highest BCUT2D eigenvalue weighted by atomic mass is 35.7. The first-order valence-corrected chi connectivity index (χ1v) is 14.0. The van der Waals surface area contributed by atoms with E-state index in [9.17, 15) is 0 Å². The third-order valence-electron chi connectivity index (χ3n) is 1.34. The van der Waals surface area contributed by atoms with Crippen LogP contribution in [0.25, 0.3) is 0 Å². The summed E-state index contributed by atoms with van der Waals surface area (Å²) in [5.74, 6) is 0. The lowest BCUT2D eigenvalue weighted by Crippen LogP contribution is -2.60. The molecule has 0 aromatic heterocycles. The summed E-state index contributed by atoms with van der Waals surface area (Å²) in [7, 11) is 0. The highest BCUT2D eigenvalue weighted by Gasteiger charge is 2.52. The average molecular weight is 409 g/mol. The third kappa shape index (κ3) is 5.92. The normalized spacial score (nSPS) is 17.0. The van der Waals surface area contributed by atoms with Gasteiger partial charge in [-0.3, -0.25) is 4.23 Å². The molecule has 1 unspecified atom stereocenters. The topological polar surface area (TPSA) is 3.24 Å². The van der Waals surface area contributed by atoms with Crippen LogP contribution in [0.2, 0.25) is 13.1 Å². The van der Waals surface area contributed by atoms with Gasteiger partial charge >= 0.3 is 13.7 Å². The molecule has 0 amide bonds. The maximum Gasteiger partial charge on any atom is 0.318 e. The molecule has 15 heavy (non-hydrogen) atoms. The molecule has 0 fully saturated rings. The third-order valence-corrected chi connectivity index (χ3v) is 11.9. The Morgan fingerprint density at radius 2 is 1.20 bits per heavy atom. The van der Waals surface area contributed by atoms with E-state index in [1.54, 1.807) is 13.1 Å². The van der Waals surface area contributed by atoms with Gasteiger partial charge in [0.1, 0.15) is 5.50 Å². The molecular weight excluding hydrogens is 402 g/mol. The quantitative estimate of drug-likeness (QED) is 0.264. The van der Waals surface area contributed by atoms with E-state index in [0.29, 0.717) is 0 Å². The van der Waals surface area contributed by atoms with Gasteiger partial charge in [0, 0.05) is 0 Å². The summed E-state index contributed by atoms with van der Waals surface area (Å²) in [6.45, 7) is -2.65. The molecule has 0 radical (unpaired) electrons. The molecule has 0 aromatic carbocycles. The Kier molecular flexibility index (Phi) is 6.83. The van der Waals surface area contributed by atoms with Crippen LogP contribution >= 0.6 is 90.7 Å². The number of halogens is 8. The molecular formula is C4H7Cl8NSi2. The van der Waals surface area contributed by atoms with Crippen LogP contribution < -0.4 is 0 Å². The maximum atomic E-state index is 6.02. The fraction of sp³-hybridized carbons (Fsp3) is 1.00. The van der Waals surface area contributed by atoms with Crippen molar-refractivity contribution in [1.82, 2.24) is 4.23 Å². The van der Waals surface area contributed by atoms with Crippen molar-refractivity contribution in [1.29, 1.82) is 0 Å². The first kappa shape index (κ1) is 17.7. The molecule has 0 rings (SSSR count). The Morgan fingerprint density at radius 1 is 0.933 bits per heavy atom. The van der Waals surface area contributed by atoms with Crippen LogP contribution in [-0.4, -0.2) is 27.2 Å². The van der Waals surface area contributed by atoms with Gasteiger partial charge in [-0.25, -0.2) is 0 Å². The van der Waals surface area contributed by atoms with Crippen LogP contribution in [0, 0.1) is 0 Å². The van der Waals surface area contributed by atoms with Gasteiger partial charge in [0.15, 0.2) is 0 Å². The lowest BCUT2D eigenvalue weighted by molar-refractivity contribution is 0.603. The van der Waals surface area contributed by atoms with Crippen LogP contribution in [0.1, 0.15) is 0 Å². The van der Waals surface area contributed by atoms with E-state index in [1.165, 1.54) is 4.23 Å². The van der Waals surface area contributed by atoms with Gasteiger partial charge in [-0.2, -0.15) is 0 Å². The van der Waals surface area contributed by atoms with E-state index >= 15 is 0 Å². The van der Waals surface area contributed by atoms with E-state index in [4.69, 9.17) is 90.7 Å². The van der Waals surface area contributed by atoms with Crippen LogP contribution in [-0.2, 0) is 0 Å². The number of rotatable bonds is 3. The minimum Gasteiger partial charge on any atom is -0.278 e. The number of alkyl halides is 4. The van der Waals surface area contributed by atoms with Gasteiger partial charge in [-0.1, -0.05) is 34.8 Å². The molecule has 0 N–H and O–H groups in total. The van der Waals surface area contributed by atoms with E-state index in [-0.39, 0.29) is 0 Å². The molecule has 0 heterocycles. The molecule has 0 aromatic rings. The molecule has 11 heteroatoms. The van der Waals surface area contributed by atoms with Gasteiger partial charge in [0.25, 0.3) is 0 Å². The summed E-state index contributed by atoms with van der Waals surface area (Å²) in [4.78, 5) is 0. The van der Waals surface area contributed by atoms with Crippen molar-refractivity contribution in [2.45, 2.75) is 22.4 Å². The zero-order valence-electron chi connectivity index (χ0n) is 7.55. The van der Waals surface area contributed by atoms with Crippen molar-refractivity contribution in [2.75, 3.05) is 0 Å². The average Bonchev–Trinajstić information content (AvgIpc) is 1.76. The van der Waals surface area contributed by atoms with Gasteiger partial charge in [0.05, 0.1) is 0 Å². The molecule has 92 valence electrons. The number of nitrogens with zero attached hydrogens (tertiary/aromatic N) is 1. The second-order valence-corrected chi connectivity index (χ2v) is 20.5. The minimum absolute atomic E-state index is 1.07. The molecule has 0 saturated heterocycles. The maximum absolute atomic E-state index is 6.02. The molecule has 1 nitrogen and oxygen atoms in total. The van der Waals surface area contributed by atoms with Crippen molar-refractivity contribution in [3.63, 3.8) is 0 Å². The van der Waals surface area contributed by atoms with Crippen LogP contribution in [0.3, 0.4) is 0 Å². The largest absolute Gasteiger partial charge is 0.318 e. The fourth-order valence-electron chi connectivity index (χ4n) is 0.889. The number of hydrogen-bond donors (Lipinski definition) is 0. The standard InChI is InChI=1S/C4H7Cl8NSi2/c1-14(9,10)13(15(2,11)12)3(5)4(6,7)8/h3H,1-2H3. The summed E-state index contributed by atoms with van der Waals surface area (Å²) in [6.07, 6.45) is 0. The SMILES string of the molecule is C[Si](Cl)(Cl)N(C(Cl)C(Cl)(Cl)Cl)[Si](C)(Cl)Cl. The minimum atomic E-state index is -2.90. The fourth-order valence-corrected chi connectivity index (χ4v) is 16.2. The van der Waals surface area contributed by atoms with Crippen LogP contribution in [0.5, 0.6) is 0 Å². The van der Waals surface area contributed by atoms with Crippen molar-refractivity contribution in [3.8, 4) is 0 Å². The Balaban J connectivity index is 5.16. The highest BCUT2D eigenvalue weighted by molar-refractivity contribution is 7.53. The smallest absolute Gasteiger partial charge is 0.278 e. The summed E-state index contributed by atoms with van der Waals surface area (Å²) < 4.78 is -0.432. The molecule has 0 bridgehead atoms. The Bertz CT molecular complexity index is 202. The van der Waals surface area contributed by atoms with Gasteiger partial charge in [0.2, 0.25) is 3.79 Å². The Morgan fingerprint density at radius 3 is 1.27 bits per heavy atom. The molecule has 0 aliphatic carbocycles. The molecule has 1 atom stereocenters. The van der Waals surface area contributed by atoms with Crippen LogP contribution in [0.15, 0.2) is 0 Å². The molecule has 0 saturated carbocycles. The summed E-state index contributed by atoms with van der Waals surface area (Å²) in [5.41, 5.74) is -1.07. The van der Waals surface area contributed by atoms with Crippen molar-refractivity contribution in [3.05, 3.63) is 0 Å². The van der Waals surface area contributed by atoms with Gasteiger partial charge in [-0.05, 0) is 13.1 Å². The van der Waals surface area contributed by atoms with Crippen molar-refractivity contribution < 1.29 is 0 Å². The van der Waals surface area contributed by atoms with Crippen LogP contribution in [0.4, 0.5) is 0 Å². The summed E-state index contributed by atoms with van der Waals surface area (Å²) in [5, 5.41) is 0. The molecule has 0 aliphatic heterocycles. The van der Waals surface area contributed by atoms with E-state index < -0.39 is 23.0 Å². The van der Waals surface area contributed by atoms with Crippen molar-refractivity contribution in [2.24, 2.45) is 0 Å². The first-order valence-electron chi connectivity index (χ1n) is 3.54. The molecule has 0 spiro atoms. The lowest BCUT2D eigenvalue weighted by Gasteiger charge is -2.41. The lowest BCUT2D eigenvalue weighted by atomic mass is 10.8. The monoisotopic (exact) mass is 405 g/mol. The van der Waals surface area contributed by atoms with E-state index in [0.717, 1.165) is 0 Å². The second-order valence-electron chi connectivity index (χ2n) is 2.93. The predicted octanol–water partition coefficient (Wildman–Crippen LogP) is 5.32. The van der Waals surface area contributed by atoms with Gasteiger partial charge < -0.3 is 0 Å². The highest BCUT2D eigenvalue weighted by Crippen LogP contribution is 2.43. The number of hydrogen-bond acceptors (Lipinski definition) is 1. The zero-order valence-corrected chi connectivity index (χ0v) is 15.6. The summed E-state index contributed by atoms with van der Waals surface area (Å²) >= 11 is 47.0. The van der Waals surface area contributed by atoms with E-state index in [2.05, 4.69) is 0 Å². The molecule has 0 aliphatic rings. The predicted molar refractivity (Wildman–Crippen MR) is 78.4 cm³/mol. The van der Waals surface area contributed by atoms with E-state index in [1.807, 2.05) is 0 Å². The Labute approximate surface area is 130 Å². The zero-order chi connectivity index (χ0) is 12.7. The first-order chi connectivity index (χ1) is 6.28. The Hall–Kier alpha value is 2.71. The summed E-state index contributed by atoms with van der Waals surface area (Å²) in [6, 6.07) is 0. The second kappa shape index (κ2) is 5.78. The van der Waals surface area contributed by atoms with Crippen molar-refractivity contribution >= 4 is 104 Å².